The molecule has 0 radical (unpaired) electrons. The zero-order chi connectivity index (χ0) is 11.3. The average Bonchev–Trinajstić information content (AvgIpc) is 2.69. The first-order valence-electron chi connectivity index (χ1n) is 5.70. The van der Waals surface area contributed by atoms with Crippen molar-refractivity contribution in [2.24, 2.45) is 5.92 Å². The summed E-state index contributed by atoms with van der Waals surface area (Å²) in [6.07, 6.45) is 2.24. The number of rotatable bonds is 4. The number of amides is 1. The molecule has 4 heteroatoms. The van der Waals surface area contributed by atoms with Crippen molar-refractivity contribution in [1.82, 2.24) is 10.2 Å². The fourth-order valence-electron chi connectivity index (χ4n) is 1.88. The summed E-state index contributed by atoms with van der Waals surface area (Å²) in [7, 11) is 1.41. The molecule has 1 heterocycles. The molecule has 0 aromatic rings. The number of alkyl carbamates (subject to hydrolysis) is 1. The minimum absolute atomic E-state index is 0.190. The Bertz CT molecular complexity index is 201. The number of ether oxygens (including phenoxy) is 1. The number of carbonyl (C=O) groups excluding carboxylic acids is 1. The van der Waals surface area contributed by atoms with Gasteiger partial charge in [0.1, 0.15) is 0 Å². The second kappa shape index (κ2) is 5.95. The first-order chi connectivity index (χ1) is 7.13. The van der Waals surface area contributed by atoms with Gasteiger partial charge in [-0.25, -0.2) is 4.79 Å². The third kappa shape index (κ3) is 4.08. The van der Waals surface area contributed by atoms with Gasteiger partial charge < -0.3 is 15.0 Å². The van der Waals surface area contributed by atoms with E-state index in [0.29, 0.717) is 5.92 Å². The number of nitrogens with one attached hydrogen (secondary N) is 1. The van der Waals surface area contributed by atoms with Crippen LogP contribution in [0.4, 0.5) is 4.79 Å². The van der Waals surface area contributed by atoms with Crippen LogP contribution in [-0.4, -0.2) is 43.8 Å². The summed E-state index contributed by atoms with van der Waals surface area (Å²) in [4.78, 5) is 13.6. The van der Waals surface area contributed by atoms with Crippen LogP contribution < -0.4 is 5.32 Å². The lowest BCUT2D eigenvalue weighted by atomic mass is 10.0. The van der Waals surface area contributed by atoms with Crippen molar-refractivity contribution < 1.29 is 9.53 Å². The number of hydrogen-bond acceptors (Lipinski definition) is 3. The molecule has 1 unspecified atom stereocenters. The van der Waals surface area contributed by atoms with Crippen LogP contribution in [-0.2, 0) is 4.74 Å². The van der Waals surface area contributed by atoms with Gasteiger partial charge in [0.25, 0.3) is 0 Å². The first-order valence-corrected chi connectivity index (χ1v) is 5.70. The second-order valence-corrected chi connectivity index (χ2v) is 4.49. The van der Waals surface area contributed by atoms with E-state index in [0.717, 1.165) is 19.6 Å². The van der Waals surface area contributed by atoms with Crippen molar-refractivity contribution in [2.45, 2.75) is 32.7 Å². The Kier molecular flexibility index (Phi) is 4.88. The van der Waals surface area contributed by atoms with Crippen LogP contribution in [0, 0.1) is 5.92 Å². The van der Waals surface area contributed by atoms with E-state index >= 15 is 0 Å². The maximum Gasteiger partial charge on any atom is 0.407 e. The molecule has 1 amide bonds. The van der Waals surface area contributed by atoms with E-state index in [2.05, 4.69) is 28.8 Å². The highest BCUT2D eigenvalue weighted by Crippen LogP contribution is 2.11. The highest BCUT2D eigenvalue weighted by atomic mass is 16.5. The van der Waals surface area contributed by atoms with Gasteiger partial charge >= 0.3 is 6.09 Å². The fourth-order valence-corrected chi connectivity index (χ4v) is 1.88. The maximum absolute atomic E-state index is 11.1. The second-order valence-electron chi connectivity index (χ2n) is 4.49. The molecule has 0 bridgehead atoms. The Balaban J connectivity index is 2.38. The lowest BCUT2D eigenvalue weighted by molar-refractivity contribution is 0.156. The summed E-state index contributed by atoms with van der Waals surface area (Å²) in [6, 6.07) is 0.190. The van der Waals surface area contributed by atoms with Crippen molar-refractivity contribution in [3.05, 3.63) is 0 Å². The molecule has 0 aromatic heterocycles. The molecule has 88 valence electrons. The normalized spacial score (nSPS) is 19.2. The van der Waals surface area contributed by atoms with Crippen LogP contribution >= 0.6 is 0 Å². The van der Waals surface area contributed by atoms with Crippen molar-refractivity contribution in [3.63, 3.8) is 0 Å². The van der Waals surface area contributed by atoms with Crippen molar-refractivity contribution in [3.8, 4) is 0 Å². The molecule has 0 aromatic carbocycles. The molecular formula is C11H22N2O2. The van der Waals surface area contributed by atoms with Gasteiger partial charge in [-0.05, 0) is 31.8 Å². The van der Waals surface area contributed by atoms with E-state index in [1.807, 2.05) is 0 Å². The SMILES string of the molecule is COC(=O)NC(CN1CCCC1)C(C)C. The zero-order valence-electron chi connectivity index (χ0n) is 9.95. The highest BCUT2D eigenvalue weighted by Gasteiger charge is 2.21. The average molecular weight is 214 g/mol. The molecule has 0 saturated carbocycles. The predicted octanol–water partition coefficient (Wildman–Crippen LogP) is 1.46. The van der Waals surface area contributed by atoms with Gasteiger partial charge in [-0.15, -0.1) is 0 Å². The Morgan fingerprint density at radius 3 is 2.47 bits per heavy atom. The number of likely N-dealkylation sites (tertiary alicyclic amines) is 1. The summed E-state index contributed by atoms with van der Waals surface area (Å²) >= 11 is 0. The van der Waals surface area contributed by atoms with E-state index in [1.165, 1.54) is 20.0 Å². The molecule has 1 aliphatic rings. The number of carbonyl (C=O) groups is 1. The van der Waals surface area contributed by atoms with E-state index in [1.54, 1.807) is 0 Å². The molecule has 1 fully saturated rings. The van der Waals surface area contributed by atoms with Gasteiger partial charge in [0, 0.05) is 12.6 Å². The topological polar surface area (TPSA) is 41.6 Å². The van der Waals surface area contributed by atoms with E-state index in [4.69, 9.17) is 0 Å². The number of hydrogen-bond donors (Lipinski definition) is 1. The van der Waals surface area contributed by atoms with Crippen LogP contribution in [0.3, 0.4) is 0 Å². The molecule has 15 heavy (non-hydrogen) atoms. The molecule has 1 rings (SSSR count). The summed E-state index contributed by atoms with van der Waals surface area (Å²) in [6.45, 7) is 7.50. The third-order valence-corrected chi connectivity index (χ3v) is 2.95. The Morgan fingerprint density at radius 2 is 2.00 bits per heavy atom. The van der Waals surface area contributed by atoms with Crippen LogP contribution in [0.15, 0.2) is 0 Å². The summed E-state index contributed by atoms with van der Waals surface area (Å²) in [5, 5.41) is 2.89. The molecule has 0 aliphatic carbocycles. The van der Waals surface area contributed by atoms with Gasteiger partial charge in [-0.3, -0.25) is 0 Å². The standard InChI is InChI=1S/C11H22N2O2/c1-9(2)10(12-11(14)15-3)8-13-6-4-5-7-13/h9-10H,4-8H2,1-3H3,(H,12,14). The quantitative estimate of drug-likeness (QED) is 0.770. The molecule has 1 atom stereocenters. The van der Waals surface area contributed by atoms with Gasteiger partial charge in [-0.1, -0.05) is 13.8 Å². The largest absolute Gasteiger partial charge is 0.453 e. The molecule has 1 N–H and O–H groups in total. The Morgan fingerprint density at radius 1 is 1.40 bits per heavy atom. The number of nitrogens with zero attached hydrogens (tertiary/aromatic N) is 1. The smallest absolute Gasteiger partial charge is 0.407 e. The van der Waals surface area contributed by atoms with E-state index in [9.17, 15) is 4.79 Å². The monoisotopic (exact) mass is 214 g/mol. The van der Waals surface area contributed by atoms with Gasteiger partial charge in [-0.2, -0.15) is 0 Å². The number of methoxy groups -OCH3 is 1. The minimum atomic E-state index is -0.326. The van der Waals surface area contributed by atoms with E-state index < -0.39 is 0 Å². The molecule has 4 nitrogen and oxygen atoms in total. The van der Waals surface area contributed by atoms with Crippen molar-refractivity contribution in [1.29, 1.82) is 0 Å². The molecule has 1 aliphatic heterocycles. The van der Waals surface area contributed by atoms with Crippen LogP contribution in [0.25, 0.3) is 0 Å². The fraction of sp³-hybridized carbons (Fsp3) is 0.909. The van der Waals surface area contributed by atoms with Crippen molar-refractivity contribution >= 4 is 6.09 Å². The summed E-state index contributed by atoms with van der Waals surface area (Å²) < 4.78 is 4.63. The van der Waals surface area contributed by atoms with Gasteiger partial charge in [0.2, 0.25) is 0 Å². The Labute approximate surface area is 92.0 Å². The summed E-state index contributed by atoms with van der Waals surface area (Å²) in [5.74, 6) is 0.435. The van der Waals surface area contributed by atoms with Crippen LogP contribution in [0.2, 0.25) is 0 Å². The summed E-state index contributed by atoms with van der Waals surface area (Å²) in [5.41, 5.74) is 0. The first kappa shape index (κ1) is 12.3. The highest BCUT2D eigenvalue weighted by molar-refractivity contribution is 5.67. The van der Waals surface area contributed by atoms with Gasteiger partial charge in [0.15, 0.2) is 0 Å². The van der Waals surface area contributed by atoms with Crippen LogP contribution in [0.5, 0.6) is 0 Å². The molecule has 1 saturated heterocycles. The molecular weight excluding hydrogens is 192 g/mol. The minimum Gasteiger partial charge on any atom is -0.453 e. The predicted molar refractivity (Wildman–Crippen MR) is 59.8 cm³/mol. The van der Waals surface area contributed by atoms with Gasteiger partial charge in [0.05, 0.1) is 7.11 Å². The third-order valence-electron chi connectivity index (χ3n) is 2.95. The zero-order valence-corrected chi connectivity index (χ0v) is 9.95. The van der Waals surface area contributed by atoms with Crippen LogP contribution in [0.1, 0.15) is 26.7 Å². The Hall–Kier alpha value is -0.770. The van der Waals surface area contributed by atoms with E-state index in [-0.39, 0.29) is 12.1 Å². The van der Waals surface area contributed by atoms with Crippen molar-refractivity contribution in [2.75, 3.05) is 26.7 Å². The maximum atomic E-state index is 11.1. The lowest BCUT2D eigenvalue weighted by Gasteiger charge is -2.26. The molecule has 0 spiro atoms. The lowest BCUT2D eigenvalue weighted by Crippen LogP contribution is -2.46.